The molecule has 0 aliphatic heterocycles. The Bertz CT molecular complexity index is 532. The minimum Gasteiger partial charge on any atom is -0.493 e. The second-order valence-corrected chi connectivity index (χ2v) is 4.60. The van der Waals surface area contributed by atoms with E-state index in [-0.39, 0.29) is 12.4 Å². The van der Waals surface area contributed by atoms with Gasteiger partial charge in [-0.05, 0) is 30.3 Å². The van der Waals surface area contributed by atoms with E-state index in [1.807, 2.05) is 37.4 Å². The van der Waals surface area contributed by atoms with Crippen molar-refractivity contribution in [1.29, 1.82) is 0 Å². The molecule has 0 fully saturated rings. The Kier molecular flexibility index (Phi) is 7.65. The van der Waals surface area contributed by atoms with Gasteiger partial charge in [-0.25, -0.2) is 0 Å². The van der Waals surface area contributed by atoms with E-state index in [1.54, 1.807) is 7.11 Å². The topological polar surface area (TPSA) is 30.5 Å². The summed E-state index contributed by atoms with van der Waals surface area (Å²) in [6.07, 6.45) is 0.891. The fraction of sp³-hybridized carbons (Fsp3) is 0.294. The molecule has 21 heavy (non-hydrogen) atoms. The average Bonchev–Trinajstić information content (AvgIpc) is 2.50. The third kappa shape index (κ3) is 5.29. The normalized spacial score (nSPS) is 9.81. The molecule has 0 heterocycles. The smallest absolute Gasteiger partial charge is 0.161 e. The number of rotatable bonds is 7. The molecule has 0 aliphatic rings. The molecule has 0 spiro atoms. The Morgan fingerprint density at radius 1 is 0.952 bits per heavy atom. The minimum atomic E-state index is 0. The first-order valence-corrected chi connectivity index (χ1v) is 6.81. The van der Waals surface area contributed by atoms with E-state index >= 15 is 0 Å². The molecule has 2 aromatic carbocycles. The van der Waals surface area contributed by atoms with Gasteiger partial charge in [0.25, 0.3) is 0 Å². The first-order chi connectivity index (χ1) is 9.83. The summed E-state index contributed by atoms with van der Waals surface area (Å²) < 4.78 is 11.2. The number of hydrogen-bond acceptors (Lipinski definition) is 3. The molecule has 0 atom stereocenters. The predicted molar refractivity (Wildman–Crippen MR) is 88.6 cm³/mol. The van der Waals surface area contributed by atoms with Crippen LogP contribution in [0.3, 0.4) is 0 Å². The maximum Gasteiger partial charge on any atom is 0.161 e. The number of ether oxygens (including phenoxy) is 2. The van der Waals surface area contributed by atoms with Gasteiger partial charge in [0.05, 0.1) is 13.7 Å². The van der Waals surface area contributed by atoms with E-state index in [9.17, 15) is 0 Å². The zero-order chi connectivity index (χ0) is 14.2. The van der Waals surface area contributed by atoms with Crippen LogP contribution in [0.2, 0.25) is 0 Å². The summed E-state index contributed by atoms with van der Waals surface area (Å²) in [5, 5.41) is 3.12. The zero-order valence-electron chi connectivity index (χ0n) is 12.5. The van der Waals surface area contributed by atoms with Crippen LogP contribution in [0.1, 0.15) is 11.1 Å². The van der Waals surface area contributed by atoms with E-state index in [0.717, 1.165) is 24.5 Å². The van der Waals surface area contributed by atoms with Crippen molar-refractivity contribution in [3.63, 3.8) is 0 Å². The molecule has 0 amide bonds. The average molecular weight is 308 g/mol. The summed E-state index contributed by atoms with van der Waals surface area (Å²) in [7, 11) is 3.60. The third-order valence-corrected chi connectivity index (χ3v) is 3.10. The van der Waals surface area contributed by atoms with Gasteiger partial charge in [0.1, 0.15) is 0 Å². The van der Waals surface area contributed by atoms with Crippen LogP contribution in [0.5, 0.6) is 11.5 Å². The van der Waals surface area contributed by atoms with E-state index < -0.39 is 0 Å². The highest BCUT2D eigenvalue weighted by molar-refractivity contribution is 5.85. The molecule has 1 N–H and O–H groups in total. The van der Waals surface area contributed by atoms with Crippen molar-refractivity contribution in [2.75, 3.05) is 20.8 Å². The number of nitrogens with one attached hydrogen (secondary N) is 1. The predicted octanol–water partition coefficient (Wildman–Crippen LogP) is 3.46. The summed E-state index contributed by atoms with van der Waals surface area (Å²) in [4.78, 5) is 0. The Balaban J connectivity index is 0.00000220. The van der Waals surface area contributed by atoms with E-state index in [1.165, 1.54) is 11.1 Å². The molecule has 0 saturated heterocycles. The Hall–Kier alpha value is -1.71. The van der Waals surface area contributed by atoms with Gasteiger partial charge in [-0.2, -0.15) is 0 Å². The largest absolute Gasteiger partial charge is 0.493 e. The quantitative estimate of drug-likeness (QED) is 0.850. The molecule has 3 nitrogen and oxygen atoms in total. The van der Waals surface area contributed by atoms with Gasteiger partial charge in [-0.15, -0.1) is 12.4 Å². The van der Waals surface area contributed by atoms with Crippen molar-refractivity contribution in [1.82, 2.24) is 5.32 Å². The Morgan fingerprint density at radius 2 is 1.71 bits per heavy atom. The van der Waals surface area contributed by atoms with Gasteiger partial charge < -0.3 is 14.8 Å². The highest BCUT2D eigenvalue weighted by Gasteiger charge is 2.05. The summed E-state index contributed by atoms with van der Waals surface area (Å²) in [5.74, 6) is 1.58. The first-order valence-electron chi connectivity index (χ1n) is 6.81. The summed E-state index contributed by atoms with van der Waals surface area (Å²) in [5.41, 5.74) is 2.46. The van der Waals surface area contributed by atoms with Gasteiger partial charge in [0, 0.05) is 13.0 Å². The lowest BCUT2D eigenvalue weighted by atomic mass is 10.1. The lowest BCUT2D eigenvalue weighted by molar-refractivity contribution is 0.297. The van der Waals surface area contributed by atoms with Crippen molar-refractivity contribution in [3.8, 4) is 11.5 Å². The van der Waals surface area contributed by atoms with E-state index in [2.05, 4.69) is 23.5 Å². The number of halogens is 1. The Morgan fingerprint density at radius 3 is 2.38 bits per heavy atom. The lowest BCUT2D eigenvalue weighted by Crippen LogP contribution is -2.06. The van der Waals surface area contributed by atoms with Crippen molar-refractivity contribution >= 4 is 12.4 Å². The second-order valence-electron chi connectivity index (χ2n) is 4.60. The van der Waals surface area contributed by atoms with Crippen LogP contribution < -0.4 is 14.8 Å². The highest BCUT2D eigenvalue weighted by atomic mass is 35.5. The molecule has 0 bridgehead atoms. The first kappa shape index (κ1) is 17.3. The molecule has 2 rings (SSSR count). The second kappa shape index (κ2) is 9.27. The molecule has 0 aliphatic carbocycles. The fourth-order valence-electron chi connectivity index (χ4n) is 2.07. The van der Waals surface area contributed by atoms with E-state index in [4.69, 9.17) is 9.47 Å². The van der Waals surface area contributed by atoms with Crippen molar-refractivity contribution < 1.29 is 9.47 Å². The number of benzene rings is 2. The number of methoxy groups -OCH3 is 1. The molecule has 2 aromatic rings. The standard InChI is InChI=1S/C17H21NO2.ClH/c1-18-13-15-8-9-16(17(12-15)19-2)20-11-10-14-6-4-3-5-7-14;/h3-9,12,18H,10-11,13H2,1-2H3;1H. The Labute approximate surface area is 132 Å². The van der Waals surface area contributed by atoms with Crippen LogP contribution in [-0.2, 0) is 13.0 Å². The summed E-state index contributed by atoms with van der Waals surface area (Å²) in [6.45, 7) is 1.46. The van der Waals surface area contributed by atoms with Gasteiger partial charge in [0.2, 0.25) is 0 Å². The van der Waals surface area contributed by atoms with Gasteiger partial charge in [-0.3, -0.25) is 0 Å². The van der Waals surface area contributed by atoms with Crippen LogP contribution in [0, 0.1) is 0 Å². The monoisotopic (exact) mass is 307 g/mol. The maximum atomic E-state index is 5.82. The van der Waals surface area contributed by atoms with Crippen molar-refractivity contribution in [3.05, 3.63) is 59.7 Å². The molecule has 4 heteroatoms. The van der Waals surface area contributed by atoms with Crippen LogP contribution in [0.25, 0.3) is 0 Å². The van der Waals surface area contributed by atoms with Crippen LogP contribution in [-0.4, -0.2) is 20.8 Å². The van der Waals surface area contributed by atoms with E-state index in [0.29, 0.717) is 6.61 Å². The van der Waals surface area contributed by atoms with Crippen molar-refractivity contribution in [2.45, 2.75) is 13.0 Å². The summed E-state index contributed by atoms with van der Waals surface area (Å²) in [6, 6.07) is 16.4. The van der Waals surface area contributed by atoms with Gasteiger partial charge in [0.15, 0.2) is 11.5 Å². The van der Waals surface area contributed by atoms with Gasteiger partial charge >= 0.3 is 0 Å². The SMILES string of the molecule is CNCc1ccc(OCCc2ccccc2)c(OC)c1.Cl. The molecule has 0 aromatic heterocycles. The molecule has 0 unspecified atom stereocenters. The minimum absolute atomic E-state index is 0. The van der Waals surface area contributed by atoms with Crippen LogP contribution in [0.4, 0.5) is 0 Å². The maximum absolute atomic E-state index is 5.82. The molecule has 0 radical (unpaired) electrons. The molecule has 114 valence electrons. The lowest BCUT2D eigenvalue weighted by Gasteiger charge is -2.12. The summed E-state index contributed by atoms with van der Waals surface area (Å²) >= 11 is 0. The van der Waals surface area contributed by atoms with Crippen LogP contribution >= 0.6 is 12.4 Å². The molecular weight excluding hydrogens is 286 g/mol. The van der Waals surface area contributed by atoms with Crippen LogP contribution in [0.15, 0.2) is 48.5 Å². The van der Waals surface area contributed by atoms with Gasteiger partial charge in [-0.1, -0.05) is 36.4 Å². The molecule has 0 saturated carbocycles. The zero-order valence-corrected chi connectivity index (χ0v) is 13.3. The van der Waals surface area contributed by atoms with Crippen molar-refractivity contribution in [2.24, 2.45) is 0 Å². The molecular formula is C17H22ClNO2. The fourth-order valence-corrected chi connectivity index (χ4v) is 2.07. The highest BCUT2D eigenvalue weighted by Crippen LogP contribution is 2.28. The third-order valence-electron chi connectivity index (χ3n) is 3.10. The number of hydrogen-bond donors (Lipinski definition) is 1.